The monoisotopic (exact) mass is 773 g/mol. The van der Waals surface area contributed by atoms with Gasteiger partial charge in [0, 0.05) is 22.4 Å². The van der Waals surface area contributed by atoms with Crippen molar-refractivity contribution in [1.82, 2.24) is 0 Å². The second-order valence-corrected chi connectivity index (χ2v) is 19.2. The Bertz CT molecular complexity index is 3130. The average molecular weight is 774 g/mol. The van der Waals surface area contributed by atoms with Crippen molar-refractivity contribution >= 4 is 49.4 Å². The molecule has 2 aliphatic rings. The van der Waals surface area contributed by atoms with Crippen molar-refractivity contribution in [2.24, 2.45) is 0 Å². The molecule has 292 valence electrons. The second kappa shape index (κ2) is 13.3. The van der Waals surface area contributed by atoms with Gasteiger partial charge in [-0.15, -0.1) is 0 Å². The zero-order valence-corrected chi connectivity index (χ0v) is 35.6. The summed E-state index contributed by atoms with van der Waals surface area (Å²) in [5.74, 6) is 0. The van der Waals surface area contributed by atoms with Crippen molar-refractivity contribution in [3.63, 3.8) is 0 Å². The molecule has 0 fully saturated rings. The molecule has 0 unspecified atom stereocenters. The molecule has 9 aromatic rings. The Morgan fingerprint density at radius 1 is 0.333 bits per heavy atom. The van der Waals surface area contributed by atoms with Gasteiger partial charge in [-0.3, -0.25) is 0 Å². The molecule has 0 aliphatic heterocycles. The smallest absolute Gasteiger partial charge is 0.0543 e. The first-order valence-corrected chi connectivity index (χ1v) is 21.7. The average Bonchev–Trinajstić information content (AvgIpc) is 3.50. The molecule has 1 heteroatoms. The molecule has 0 spiro atoms. The number of hydrogen-bond acceptors (Lipinski definition) is 1. The molecular formula is C59H51N. The minimum atomic E-state index is -0.164. The van der Waals surface area contributed by atoms with Gasteiger partial charge in [-0.25, -0.2) is 0 Å². The van der Waals surface area contributed by atoms with Crippen molar-refractivity contribution in [1.29, 1.82) is 0 Å². The first-order valence-electron chi connectivity index (χ1n) is 21.7. The minimum Gasteiger partial charge on any atom is -0.310 e. The van der Waals surface area contributed by atoms with Gasteiger partial charge in [0.25, 0.3) is 0 Å². The summed E-state index contributed by atoms with van der Waals surface area (Å²) in [6.07, 6.45) is 2.37. The standard InChI is InChI=1S/C59H51N/c1-57(2)32-33-58(3,4)55-34-40(26-31-53(55)57)49-36-51-48-22-14-15-23-52(48)59(5,6)54(51)37-56(49)60(41-27-24-39(25-28-41)38-16-8-7-9-17-38)42-29-30-47-45-20-11-10-18-43(45)44-19-12-13-21-46(44)50(47)35-42/h7-31,34-37H,32-33H2,1-6H3. The summed E-state index contributed by atoms with van der Waals surface area (Å²) in [5, 5.41) is 7.68. The van der Waals surface area contributed by atoms with Gasteiger partial charge in [0.2, 0.25) is 0 Å². The second-order valence-electron chi connectivity index (χ2n) is 19.2. The molecule has 0 heterocycles. The van der Waals surface area contributed by atoms with E-state index >= 15 is 0 Å². The summed E-state index contributed by atoms with van der Waals surface area (Å²) >= 11 is 0. The molecule has 0 aromatic heterocycles. The third kappa shape index (κ3) is 5.59. The normalized spacial score (nSPS) is 15.8. The van der Waals surface area contributed by atoms with E-state index in [1.807, 2.05) is 0 Å². The molecule has 1 nitrogen and oxygen atoms in total. The van der Waals surface area contributed by atoms with Crippen LogP contribution in [-0.2, 0) is 16.2 Å². The lowest BCUT2D eigenvalue weighted by Gasteiger charge is -2.42. The Morgan fingerprint density at radius 3 is 1.55 bits per heavy atom. The highest BCUT2D eigenvalue weighted by Crippen LogP contribution is 2.55. The van der Waals surface area contributed by atoms with Crippen molar-refractivity contribution in [2.75, 3.05) is 4.90 Å². The maximum absolute atomic E-state index is 2.55. The zero-order valence-electron chi connectivity index (χ0n) is 35.6. The lowest BCUT2D eigenvalue weighted by molar-refractivity contribution is 0.332. The number of benzene rings is 9. The van der Waals surface area contributed by atoms with Crippen LogP contribution in [0.2, 0.25) is 0 Å². The van der Waals surface area contributed by atoms with Crippen LogP contribution in [0.5, 0.6) is 0 Å². The number of fused-ring (bicyclic) bond motifs is 10. The van der Waals surface area contributed by atoms with E-state index in [0.717, 1.165) is 11.4 Å². The molecule has 0 N–H and O–H groups in total. The van der Waals surface area contributed by atoms with Crippen LogP contribution < -0.4 is 4.90 Å². The quantitative estimate of drug-likeness (QED) is 0.157. The van der Waals surface area contributed by atoms with Crippen LogP contribution in [0.1, 0.15) is 76.6 Å². The fraction of sp³-hybridized carbons (Fsp3) is 0.186. The van der Waals surface area contributed by atoms with E-state index in [-0.39, 0.29) is 16.2 Å². The molecule has 0 amide bonds. The van der Waals surface area contributed by atoms with Crippen molar-refractivity contribution in [3.8, 4) is 33.4 Å². The molecule has 0 bridgehead atoms. The molecule has 0 saturated carbocycles. The first kappa shape index (κ1) is 36.6. The molecule has 11 rings (SSSR count). The third-order valence-corrected chi connectivity index (χ3v) is 14.3. The highest BCUT2D eigenvalue weighted by atomic mass is 15.1. The fourth-order valence-electron chi connectivity index (χ4n) is 10.8. The Kier molecular flexibility index (Phi) is 8.11. The number of anilines is 3. The maximum Gasteiger partial charge on any atom is 0.0543 e. The molecule has 0 atom stereocenters. The summed E-state index contributed by atoms with van der Waals surface area (Å²) in [6.45, 7) is 14.5. The lowest BCUT2D eigenvalue weighted by atomic mass is 9.63. The molecular weight excluding hydrogens is 723 g/mol. The Hall–Kier alpha value is -6.44. The van der Waals surface area contributed by atoms with Crippen LogP contribution >= 0.6 is 0 Å². The SMILES string of the molecule is CC1(C)CCC(C)(C)c2cc(-c3cc4c(cc3N(c3ccc(-c5ccccc5)cc3)c3ccc5c6ccccc6c6ccccc6c5c3)C(C)(C)c3ccccc3-4)ccc21. The van der Waals surface area contributed by atoms with Crippen LogP contribution in [0.15, 0.2) is 176 Å². The van der Waals surface area contributed by atoms with Gasteiger partial charge in [0.15, 0.2) is 0 Å². The number of rotatable bonds is 5. The van der Waals surface area contributed by atoms with Crippen LogP contribution in [-0.4, -0.2) is 0 Å². The van der Waals surface area contributed by atoms with Gasteiger partial charge in [-0.05, 0) is 142 Å². The lowest BCUT2D eigenvalue weighted by Crippen LogP contribution is -2.33. The summed E-state index contributed by atoms with van der Waals surface area (Å²) in [7, 11) is 0. The fourth-order valence-corrected chi connectivity index (χ4v) is 10.8. The Balaban J connectivity index is 1.22. The van der Waals surface area contributed by atoms with Crippen molar-refractivity contribution in [2.45, 2.75) is 70.6 Å². The summed E-state index contributed by atoms with van der Waals surface area (Å²) < 4.78 is 0. The van der Waals surface area contributed by atoms with Gasteiger partial charge < -0.3 is 4.90 Å². The van der Waals surface area contributed by atoms with E-state index in [9.17, 15) is 0 Å². The van der Waals surface area contributed by atoms with Gasteiger partial charge >= 0.3 is 0 Å². The van der Waals surface area contributed by atoms with Gasteiger partial charge in [-0.2, -0.15) is 0 Å². The summed E-state index contributed by atoms with van der Waals surface area (Å²) in [5.41, 5.74) is 16.9. The molecule has 9 aromatic carbocycles. The molecule has 2 aliphatic carbocycles. The maximum atomic E-state index is 2.55. The van der Waals surface area contributed by atoms with Gasteiger partial charge in [0.05, 0.1) is 5.69 Å². The zero-order chi connectivity index (χ0) is 41.0. The first-order chi connectivity index (χ1) is 29.0. The van der Waals surface area contributed by atoms with Crippen LogP contribution in [0.25, 0.3) is 65.7 Å². The summed E-state index contributed by atoms with van der Waals surface area (Å²) in [4.78, 5) is 2.54. The Morgan fingerprint density at radius 2 is 0.867 bits per heavy atom. The van der Waals surface area contributed by atoms with Crippen LogP contribution in [0.3, 0.4) is 0 Å². The predicted octanol–water partition coefficient (Wildman–Crippen LogP) is 16.6. The van der Waals surface area contributed by atoms with Crippen LogP contribution in [0, 0.1) is 0 Å². The Labute approximate surface area is 355 Å². The van der Waals surface area contributed by atoms with Crippen molar-refractivity contribution in [3.05, 3.63) is 198 Å². The highest BCUT2D eigenvalue weighted by Gasteiger charge is 2.39. The number of hydrogen-bond donors (Lipinski definition) is 0. The van der Waals surface area contributed by atoms with Crippen LogP contribution in [0.4, 0.5) is 17.1 Å². The molecule has 60 heavy (non-hydrogen) atoms. The van der Waals surface area contributed by atoms with E-state index in [0.29, 0.717) is 0 Å². The summed E-state index contributed by atoms with van der Waals surface area (Å²) in [6, 6.07) is 66.4. The van der Waals surface area contributed by atoms with Gasteiger partial charge in [-0.1, -0.05) is 181 Å². The molecule has 0 saturated heterocycles. The van der Waals surface area contributed by atoms with Crippen molar-refractivity contribution < 1.29 is 0 Å². The van der Waals surface area contributed by atoms with E-state index < -0.39 is 0 Å². The van der Waals surface area contributed by atoms with E-state index in [4.69, 9.17) is 0 Å². The highest BCUT2D eigenvalue weighted by molar-refractivity contribution is 6.25. The topological polar surface area (TPSA) is 3.24 Å². The van der Waals surface area contributed by atoms with E-state index in [1.54, 1.807) is 0 Å². The van der Waals surface area contributed by atoms with E-state index in [2.05, 4.69) is 222 Å². The largest absolute Gasteiger partial charge is 0.310 e. The molecule has 0 radical (unpaired) electrons. The predicted molar refractivity (Wildman–Crippen MR) is 257 cm³/mol. The number of nitrogens with zero attached hydrogens (tertiary/aromatic N) is 1. The minimum absolute atomic E-state index is 0.0848. The van der Waals surface area contributed by atoms with E-state index in [1.165, 1.54) is 106 Å². The van der Waals surface area contributed by atoms with Gasteiger partial charge in [0.1, 0.15) is 0 Å². The third-order valence-electron chi connectivity index (χ3n) is 14.3.